The van der Waals surface area contributed by atoms with Crippen molar-refractivity contribution in [1.29, 1.82) is 0 Å². The normalized spacial score (nSPS) is 14.0. The Labute approximate surface area is 225 Å². The standard InChI is InChI=1S/C16H15F6N5O.C6H8O7/c17-10-6-12(19)11(18)4-8(10)3-9(23)5-14(28)26-1-2-27-13(7-26)24-25-15(27)16(20,21)22;7-3(8)1-6(13,5(11)12)2-4(9)10/h4,6,9H,1-3,5,7,23H2;13H,1-2H2,(H,7,8)(H,9,10)(H,11,12)/t9-;/m1./s1. The Morgan fingerprint density at radius 1 is 0.927 bits per heavy atom. The van der Waals surface area contributed by atoms with Crippen LogP contribution in [0.2, 0.25) is 0 Å². The Hall–Kier alpha value is -4.26. The van der Waals surface area contributed by atoms with E-state index in [4.69, 9.17) is 26.2 Å². The van der Waals surface area contributed by atoms with E-state index in [9.17, 15) is 45.5 Å². The molecule has 41 heavy (non-hydrogen) atoms. The molecule has 2 heterocycles. The van der Waals surface area contributed by atoms with Gasteiger partial charge < -0.3 is 35.6 Å². The molecule has 1 atom stereocenters. The van der Waals surface area contributed by atoms with Gasteiger partial charge in [-0.25, -0.2) is 18.0 Å². The number of carbonyl (C=O) groups is 4. The maximum Gasteiger partial charge on any atom is 0.451 e. The Kier molecular flexibility index (Phi) is 10.4. The SMILES string of the molecule is N[C@@H](CC(=O)N1CCn2c(nnc2C(F)(F)F)C1)Cc1cc(F)c(F)cc1F.O=C(O)CC(O)(CC(=O)O)C(=O)O. The molecule has 2 aromatic rings. The van der Waals surface area contributed by atoms with Crippen LogP contribution < -0.4 is 5.73 Å². The summed E-state index contributed by atoms with van der Waals surface area (Å²) in [5.74, 6) is -10.2. The highest BCUT2D eigenvalue weighted by atomic mass is 19.4. The van der Waals surface area contributed by atoms with Gasteiger partial charge in [0.2, 0.25) is 11.7 Å². The summed E-state index contributed by atoms with van der Waals surface area (Å²) in [6.45, 7) is -0.302. The van der Waals surface area contributed by atoms with Crippen LogP contribution in [0.3, 0.4) is 0 Å². The van der Waals surface area contributed by atoms with E-state index in [2.05, 4.69) is 10.2 Å². The fourth-order valence-corrected chi connectivity index (χ4v) is 3.72. The minimum absolute atomic E-state index is 0.000783. The van der Waals surface area contributed by atoms with Crippen LogP contribution in [-0.4, -0.2) is 82.1 Å². The minimum atomic E-state index is -4.64. The van der Waals surface area contributed by atoms with E-state index in [0.717, 1.165) is 4.57 Å². The number of fused-ring (bicyclic) bond motifs is 1. The monoisotopic (exact) mass is 599 g/mol. The van der Waals surface area contributed by atoms with Gasteiger partial charge in [0.1, 0.15) is 5.82 Å². The highest BCUT2D eigenvalue weighted by Gasteiger charge is 2.41. The van der Waals surface area contributed by atoms with Gasteiger partial charge in [0.15, 0.2) is 23.1 Å². The molecule has 0 fully saturated rings. The van der Waals surface area contributed by atoms with Crippen LogP contribution in [0.25, 0.3) is 0 Å². The van der Waals surface area contributed by atoms with Crippen molar-refractivity contribution in [3.8, 4) is 0 Å². The zero-order chi connectivity index (χ0) is 31.3. The number of hydrogen-bond acceptors (Lipinski definition) is 8. The molecule has 0 unspecified atom stereocenters. The average Bonchev–Trinajstić information content (AvgIpc) is 3.26. The minimum Gasteiger partial charge on any atom is -0.481 e. The van der Waals surface area contributed by atoms with Crippen molar-refractivity contribution in [1.82, 2.24) is 19.7 Å². The molecule has 0 aliphatic carbocycles. The Morgan fingerprint density at radius 3 is 2.00 bits per heavy atom. The molecule has 1 amide bonds. The molecule has 226 valence electrons. The van der Waals surface area contributed by atoms with Gasteiger partial charge in [0, 0.05) is 31.6 Å². The van der Waals surface area contributed by atoms with Crippen molar-refractivity contribution in [2.24, 2.45) is 5.73 Å². The molecule has 1 aliphatic rings. The van der Waals surface area contributed by atoms with Crippen LogP contribution in [0, 0.1) is 17.5 Å². The molecule has 6 N–H and O–H groups in total. The summed E-state index contributed by atoms with van der Waals surface area (Å²) < 4.78 is 79.3. The van der Waals surface area contributed by atoms with Gasteiger partial charge in [-0.1, -0.05) is 0 Å². The van der Waals surface area contributed by atoms with E-state index < -0.39 is 77.8 Å². The number of nitrogens with two attached hydrogens (primary N) is 1. The van der Waals surface area contributed by atoms with E-state index in [1.807, 2.05) is 0 Å². The lowest BCUT2D eigenvalue weighted by Crippen LogP contribution is -2.42. The van der Waals surface area contributed by atoms with E-state index in [0.29, 0.717) is 12.1 Å². The van der Waals surface area contributed by atoms with Crippen molar-refractivity contribution < 1.29 is 65.9 Å². The maximum absolute atomic E-state index is 13.7. The molecule has 3 rings (SSSR count). The van der Waals surface area contributed by atoms with Crippen molar-refractivity contribution in [3.05, 3.63) is 46.8 Å². The Morgan fingerprint density at radius 2 is 1.49 bits per heavy atom. The quantitative estimate of drug-likeness (QED) is 0.201. The second kappa shape index (κ2) is 12.9. The van der Waals surface area contributed by atoms with Crippen molar-refractivity contribution in [2.75, 3.05) is 6.54 Å². The second-order valence-electron chi connectivity index (χ2n) is 8.91. The number of carboxylic acids is 3. The number of aliphatic carboxylic acids is 3. The number of halogens is 6. The lowest BCUT2D eigenvalue weighted by molar-refractivity contribution is -0.170. The second-order valence-corrected chi connectivity index (χ2v) is 8.91. The number of nitrogens with zero attached hydrogens (tertiary/aromatic N) is 4. The molecule has 0 bridgehead atoms. The fraction of sp³-hybridized carbons (Fsp3) is 0.455. The van der Waals surface area contributed by atoms with Gasteiger partial charge in [0.05, 0.1) is 19.4 Å². The van der Waals surface area contributed by atoms with E-state index in [-0.39, 0.29) is 43.9 Å². The smallest absolute Gasteiger partial charge is 0.451 e. The molecule has 0 saturated heterocycles. The van der Waals surface area contributed by atoms with Crippen LogP contribution in [-0.2, 0) is 44.9 Å². The van der Waals surface area contributed by atoms with E-state index in [1.54, 1.807) is 0 Å². The van der Waals surface area contributed by atoms with Crippen LogP contribution in [0.5, 0.6) is 0 Å². The number of hydrogen-bond donors (Lipinski definition) is 5. The molecule has 19 heteroatoms. The summed E-state index contributed by atoms with van der Waals surface area (Å²) in [7, 11) is 0. The molecule has 1 aromatic carbocycles. The summed E-state index contributed by atoms with van der Waals surface area (Å²) >= 11 is 0. The summed E-state index contributed by atoms with van der Waals surface area (Å²) in [4.78, 5) is 44.1. The first-order valence-corrected chi connectivity index (χ1v) is 11.4. The predicted octanol–water partition coefficient (Wildman–Crippen LogP) is 0.768. The highest BCUT2D eigenvalue weighted by molar-refractivity contribution is 5.88. The van der Waals surface area contributed by atoms with Crippen molar-refractivity contribution in [2.45, 2.75) is 56.6 Å². The van der Waals surface area contributed by atoms with Crippen molar-refractivity contribution >= 4 is 23.8 Å². The van der Waals surface area contributed by atoms with Gasteiger partial charge in [0.25, 0.3) is 0 Å². The van der Waals surface area contributed by atoms with Gasteiger partial charge in [-0.3, -0.25) is 14.4 Å². The first kappa shape index (κ1) is 32.9. The molecule has 13 nitrogen and oxygen atoms in total. The lowest BCUT2D eigenvalue weighted by atomic mass is 9.96. The number of benzene rings is 1. The third-order valence-corrected chi connectivity index (χ3v) is 5.65. The van der Waals surface area contributed by atoms with Crippen LogP contribution in [0.15, 0.2) is 12.1 Å². The molecule has 0 radical (unpaired) electrons. The molecule has 1 aromatic heterocycles. The summed E-state index contributed by atoms with van der Waals surface area (Å²) in [6, 6.07) is 0.184. The number of amides is 1. The zero-order valence-electron chi connectivity index (χ0n) is 20.7. The summed E-state index contributed by atoms with van der Waals surface area (Å²) in [5, 5.41) is 40.4. The number of carbonyl (C=O) groups excluding carboxylic acids is 1. The average molecular weight is 599 g/mol. The number of aromatic nitrogens is 3. The first-order valence-electron chi connectivity index (χ1n) is 11.4. The van der Waals surface area contributed by atoms with E-state index >= 15 is 0 Å². The van der Waals surface area contributed by atoms with Crippen LogP contribution in [0.1, 0.15) is 36.5 Å². The van der Waals surface area contributed by atoms with Gasteiger partial charge in [-0.05, 0) is 18.1 Å². The third-order valence-electron chi connectivity index (χ3n) is 5.65. The van der Waals surface area contributed by atoms with Gasteiger partial charge in [-0.15, -0.1) is 10.2 Å². The molecular weight excluding hydrogens is 576 g/mol. The Bertz CT molecular complexity index is 1300. The summed E-state index contributed by atoms with van der Waals surface area (Å²) in [5.41, 5.74) is 2.90. The van der Waals surface area contributed by atoms with Crippen molar-refractivity contribution in [3.63, 3.8) is 0 Å². The number of aliphatic hydroxyl groups is 1. The first-order chi connectivity index (χ1) is 18.8. The molecule has 0 spiro atoms. The molecular formula is C22H23F6N5O8. The largest absolute Gasteiger partial charge is 0.481 e. The summed E-state index contributed by atoms with van der Waals surface area (Å²) in [6.07, 6.45) is -7.40. The van der Waals surface area contributed by atoms with Gasteiger partial charge >= 0.3 is 24.1 Å². The lowest BCUT2D eigenvalue weighted by Gasteiger charge is -2.29. The fourth-order valence-electron chi connectivity index (χ4n) is 3.72. The number of alkyl halides is 3. The molecule has 1 aliphatic heterocycles. The van der Waals surface area contributed by atoms with Crippen LogP contribution >= 0.6 is 0 Å². The Balaban J connectivity index is 0.000000383. The number of rotatable bonds is 9. The predicted molar refractivity (Wildman–Crippen MR) is 120 cm³/mol. The van der Waals surface area contributed by atoms with Crippen LogP contribution in [0.4, 0.5) is 26.3 Å². The highest BCUT2D eigenvalue weighted by Crippen LogP contribution is 2.29. The third kappa shape index (κ3) is 8.87. The van der Waals surface area contributed by atoms with Gasteiger partial charge in [-0.2, -0.15) is 13.2 Å². The maximum atomic E-state index is 13.7. The molecule has 0 saturated carbocycles. The van der Waals surface area contributed by atoms with E-state index in [1.165, 1.54) is 4.90 Å². The zero-order valence-corrected chi connectivity index (χ0v) is 20.7. The number of carboxylic acid groups (broad SMARTS) is 3. The topological polar surface area (TPSA) is 209 Å².